The van der Waals surface area contributed by atoms with Crippen molar-refractivity contribution < 1.29 is 74.5 Å². The molecular weight excluding hydrogens is 552 g/mol. The van der Waals surface area contributed by atoms with Crippen LogP contribution in [0.3, 0.4) is 0 Å². The molecule has 2 aromatic carbocycles. The summed E-state index contributed by atoms with van der Waals surface area (Å²) in [5.41, 5.74) is -1.29. The second-order valence-electron chi connectivity index (χ2n) is 9.89. The predicted octanol–water partition coefficient (Wildman–Crippen LogP) is -2.99. The number of ketones is 2. The van der Waals surface area contributed by atoms with Gasteiger partial charge in [-0.3, -0.25) is 9.59 Å². The lowest BCUT2D eigenvalue weighted by Crippen LogP contribution is -2.61. The third-order valence-electron chi connectivity index (χ3n) is 7.28. The average molecular weight is 580 g/mol. The Labute approximate surface area is 231 Å². The lowest BCUT2D eigenvalue weighted by molar-refractivity contribution is -0.307. The number of carbonyl (C=O) groups excluding carboxylic acids is 2. The van der Waals surface area contributed by atoms with Gasteiger partial charge in [-0.25, -0.2) is 0 Å². The number of phenolic OH excluding ortho intramolecular Hbond substituents is 1. The molecule has 2 fully saturated rings. The number of fused-ring (bicyclic) bond motifs is 2. The largest absolute Gasteiger partial charge is 0.508 e. The lowest BCUT2D eigenvalue weighted by atomic mass is 9.82. The van der Waals surface area contributed by atoms with E-state index >= 15 is 0 Å². The molecule has 0 spiro atoms. The van der Waals surface area contributed by atoms with Gasteiger partial charge in [0.05, 0.1) is 30.9 Å². The molecule has 2 heterocycles. The first kappa shape index (κ1) is 29.3. The van der Waals surface area contributed by atoms with Crippen LogP contribution in [0.5, 0.6) is 17.2 Å². The number of hydrogen-bond donors (Lipinski definition) is 9. The first-order valence-corrected chi connectivity index (χ1v) is 12.5. The van der Waals surface area contributed by atoms with Crippen LogP contribution < -0.4 is 4.74 Å². The van der Waals surface area contributed by atoms with Crippen molar-refractivity contribution in [3.05, 3.63) is 52.1 Å². The van der Waals surface area contributed by atoms with Crippen molar-refractivity contribution in [3.63, 3.8) is 0 Å². The van der Waals surface area contributed by atoms with Crippen LogP contribution in [0, 0.1) is 0 Å². The average Bonchev–Trinajstić information content (AvgIpc) is 2.95. The van der Waals surface area contributed by atoms with Crippen molar-refractivity contribution in [1.29, 1.82) is 0 Å². The molecule has 0 amide bonds. The topological polar surface area (TPSA) is 253 Å². The fourth-order valence-electron chi connectivity index (χ4n) is 4.94. The molecule has 15 heteroatoms. The fourth-order valence-corrected chi connectivity index (χ4v) is 4.94. The zero-order chi connectivity index (χ0) is 29.7. The third kappa shape index (κ3) is 5.06. The number of aromatic hydroxyl groups is 2. The first-order valence-electron chi connectivity index (χ1n) is 12.5. The van der Waals surface area contributed by atoms with Gasteiger partial charge in [-0.05, 0) is 24.3 Å². The van der Waals surface area contributed by atoms with Crippen molar-refractivity contribution in [1.82, 2.24) is 0 Å². The molecule has 2 aromatic rings. The molecule has 0 saturated carbocycles. The first-order chi connectivity index (χ1) is 19.4. The molecule has 9 N–H and O–H groups in total. The number of ether oxygens (including phenoxy) is 4. The van der Waals surface area contributed by atoms with Gasteiger partial charge in [0, 0.05) is 16.7 Å². The maximum absolute atomic E-state index is 13.2. The van der Waals surface area contributed by atoms with Gasteiger partial charge in [0.25, 0.3) is 0 Å². The van der Waals surface area contributed by atoms with Crippen molar-refractivity contribution in [2.24, 2.45) is 0 Å². The summed E-state index contributed by atoms with van der Waals surface area (Å²) in [6, 6.07) is 4.53. The van der Waals surface area contributed by atoms with E-state index in [1.54, 1.807) is 0 Å². The van der Waals surface area contributed by atoms with Gasteiger partial charge in [0.15, 0.2) is 17.9 Å². The number of rotatable bonds is 6. The Morgan fingerprint density at radius 2 is 1.51 bits per heavy atom. The maximum atomic E-state index is 13.2. The van der Waals surface area contributed by atoms with Crippen molar-refractivity contribution >= 4 is 11.6 Å². The molecular formula is C26H28O15. The van der Waals surface area contributed by atoms with E-state index < -0.39 is 97.2 Å². The highest BCUT2D eigenvalue weighted by Crippen LogP contribution is 2.41. The van der Waals surface area contributed by atoms with Crippen LogP contribution in [0.2, 0.25) is 0 Å². The minimum atomic E-state index is -1.89. The highest BCUT2D eigenvalue weighted by molar-refractivity contribution is 6.29. The van der Waals surface area contributed by atoms with Gasteiger partial charge in [-0.1, -0.05) is 0 Å². The molecule has 15 nitrogen and oxygen atoms in total. The maximum Gasteiger partial charge on any atom is 0.229 e. The van der Waals surface area contributed by atoms with Crippen LogP contribution in [-0.4, -0.2) is 126 Å². The highest BCUT2D eigenvalue weighted by atomic mass is 16.7. The molecule has 2 saturated heterocycles. The number of carbonyl (C=O) groups is 2. The molecule has 0 unspecified atom stereocenters. The summed E-state index contributed by atoms with van der Waals surface area (Å²) in [5, 5.41) is 91.4. The highest BCUT2D eigenvalue weighted by Gasteiger charge is 2.47. The Bertz CT molecular complexity index is 1340. The Kier molecular flexibility index (Phi) is 8.01. The summed E-state index contributed by atoms with van der Waals surface area (Å²) >= 11 is 0. The van der Waals surface area contributed by atoms with Crippen LogP contribution in [0.4, 0.5) is 0 Å². The van der Waals surface area contributed by atoms with Crippen LogP contribution in [0.15, 0.2) is 24.3 Å². The number of aliphatic hydroxyl groups excluding tert-OH is 7. The zero-order valence-electron chi connectivity index (χ0n) is 21.1. The summed E-state index contributed by atoms with van der Waals surface area (Å²) in [4.78, 5) is 26.3. The quantitative estimate of drug-likeness (QED) is 0.141. The number of hydrogen-bond acceptors (Lipinski definition) is 15. The van der Waals surface area contributed by atoms with Gasteiger partial charge in [-0.2, -0.15) is 0 Å². The Hall–Kier alpha value is -3.22. The molecule has 41 heavy (non-hydrogen) atoms. The van der Waals surface area contributed by atoms with E-state index in [0.717, 1.165) is 12.1 Å². The van der Waals surface area contributed by atoms with E-state index in [0.29, 0.717) is 0 Å². The third-order valence-corrected chi connectivity index (χ3v) is 7.28. The molecule has 3 aliphatic rings. The molecule has 0 bridgehead atoms. The van der Waals surface area contributed by atoms with Crippen LogP contribution in [0.1, 0.15) is 37.4 Å². The molecule has 2 aliphatic heterocycles. The van der Waals surface area contributed by atoms with Gasteiger partial charge in [0.2, 0.25) is 6.29 Å². The zero-order valence-corrected chi connectivity index (χ0v) is 21.1. The van der Waals surface area contributed by atoms with Crippen LogP contribution in [-0.2, 0) is 20.8 Å². The van der Waals surface area contributed by atoms with E-state index in [4.69, 9.17) is 18.9 Å². The monoisotopic (exact) mass is 580 g/mol. The number of benzene rings is 2. The minimum absolute atomic E-state index is 0.0757. The summed E-state index contributed by atoms with van der Waals surface area (Å²) in [5.74, 6) is -2.95. The summed E-state index contributed by atoms with van der Waals surface area (Å²) in [7, 11) is 0. The predicted molar refractivity (Wildman–Crippen MR) is 130 cm³/mol. The van der Waals surface area contributed by atoms with E-state index in [-0.39, 0.29) is 34.6 Å². The van der Waals surface area contributed by atoms with Gasteiger partial charge in [0.1, 0.15) is 60.0 Å². The Balaban J connectivity index is 1.40. The summed E-state index contributed by atoms with van der Waals surface area (Å²) < 4.78 is 21.7. The van der Waals surface area contributed by atoms with Gasteiger partial charge < -0.3 is 64.9 Å². The molecule has 222 valence electrons. The second-order valence-corrected chi connectivity index (χ2v) is 9.89. The van der Waals surface area contributed by atoms with E-state index in [2.05, 4.69) is 0 Å². The molecule has 5 rings (SSSR count). The summed E-state index contributed by atoms with van der Waals surface area (Å²) in [6.07, 6.45) is -14.7. The van der Waals surface area contributed by atoms with Crippen molar-refractivity contribution in [3.8, 4) is 17.2 Å². The lowest BCUT2D eigenvalue weighted by Gasteiger charge is -2.41. The van der Waals surface area contributed by atoms with E-state index in [9.17, 15) is 55.5 Å². The Morgan fingerprint density at radius 1 is 0.805 bits per heavy atom. The number of aliphatic hydroxyl groups is 7. The van der Waals surface area contributed by atoms with Gasteiger partial charge in [-0.15, -0.1) is 0 Å². The molecule has 0 aromatic heterocycles. The SMILES string of the molecule is O=C1c2cc(O)ccc2C(=O)c2c1cc(O[C@@H]1O[C@H](CO[C@@H]3OC[C@@H](O)[C@H](O)[C@H]3O)[C@@H](O)[C@H](O)[C@H]1O)c(CO)c2O. The number of phenols is 2. The smallest absolute Gasteiger partial charge is 0.229 e. The summed E-state index contributed by atoms with van der Waals surface area (Å²) in [6.45, 7) is -1.81. The molecule has 9 atom stereocenters. The van der Waals surface area contributed by atoms with Crippen LogP contribution >= 0.6 is 0 Å². The van der Waals surface area contributed by atoms with Gasteiger partial charge >= 0.3 is 0 Å². The normalized spacial score (nSPS) is 33.3. The van der Waals surface area contributed by atoms with E-state index in [1.165, 1.54) is 12.1 Å². The molecule has 1 aliphatic carbocycles. The van der Waals surface area contributed by atoms with Crippen molar-refractivity contribution in [2.45, 2.75) is 61.9 Å². The fraction of sp³-hybridized carbons (Fsp3) is 0.462. The minimum Gasteiger partial charge on any atom is -0.508 e. The Morgan fingerprint density at radius 3 is 2.22 bits per heavy atom. The van der Waals surface area contributed by atoms with E-state index in [1.807, 2.05) is 0 Å². The molecule has 0 radical (unpaired) electrons. The standard InChI is InChI=1S/C26H28O15/c27-5-12-14(4-11-16(19(12)32)18(31)9-2-1-8(28)3-10(9)17(11)30)40-26-24(37)22(35)21(34)15(41-26)7-39-25-23(36)20(33)13(29)6-38-25/h1-4,13,15,20-29,32-37H,5-7H2/t13-,15-,20+,21-,22+,23-,24-,25+,26-/m1/s1. The van der Waals surface area contributed by atoms with Crippen molar-refractivity contribution in [2.75, 3.05) is 13.2 Å². The second kappa shape index (κ2) is 11.2. The van der Waals surface area contributed by atoms with Crippen LogP contribution in [0.25, 0.3) is 0 Å².